The van der Waals surface area contributed by atoms with E-state index >= 15 is 0 Å². The summed E-state index contributed by atoms with van der Waals surface area (Å²) in [6.07, 6.45) is 1.85. The largest absolute Gasteiger partial charge is 0.225 e. The average molecular weight is 665 g/mol. The van der Waals surface area contributed by atoms with E-state index in [1.807, 2.05) is 30.3 Å². The zero-order chi connectivity index (χ0) is 35.0. The maximum absolute atomic E-state index is 5.26. The Morgan fingerprint density at radius 1 is 0.423 bits per heavy atom. The summed E-state index contributed by atoms with van der Waals surface area (Å²) in [5.41, 5.74) is 6.94. The average Bonchev–Trinajstić information content (AvgIpc) is 3.21. The number of aromatic nitrogens is 4. The molecular formula is C48H32N4. The molecule has 0 atom stereocenters. The molecular weight excluding hydrogens is 633 g/mol. The lowest BCUT2D eigenvalue weighted by atomic mass is 9.98. The molecule has 0 amide bonds. The van der Waals surface area contributed by atoms with E-state index in [1.165, 1.54) is 0 Å². The lowest BCUT2D eigenvalue weighted by Crippen LogP contribution is -2.25. The third kappa shape index (κ3) is 5.53. The fourth-order valence-corrected chi connectivity index (χ4v) is 7.13. The molecule has 0 saturated carbocycles. The molecule has 0 spiro atoms. The minimum absolute atomic E-state index is 0.421. The van der Waals surface area contributed by atoms with E-state index in [4.69, 9.17) is 19.9 Å². The maximum atomic E-state index is 5.26. The van der Waals surface area contributed by atoms with E-state index in [9.17, 15) is 0 Å². The Bertz CT molecular complexity index is 2850. The van der Waals surface area contributed by atoms with Gasteiger partial charge in [-0.05, 0) is 54.9 Å². The predicted octanol–water partition coefficient (Wildman–Crippen LogP) is 10.2. The third-order valence-corrected chi connectivity index (χ3v) is 9.64. The van der Waals surface area contributed by atoms with Crippen LogP contribution >= 0.6 is 0 Å². The van der Waals surface area contributed by atoms with Gasteiger partial charge in [-0.3, -0.25) is 0 Å². The zero-order valence-electron chi connectivity index (χ0n) is 28.4. The van der Waals surface area contributed by atoms with Gasteiger partial charge in [0.15, 0.2) is 11.6 Å². The first kappa shape index (κ1) is 31.0. The number of allylic oxidation sites excluding steroid dienone is 1. The Kier molecular flexibility index (Phi) is 7.75. The Labute approximate surface area is 301 Å². The molecule has 9 aromatic rings. The molecule has 7 aromatic carbocycles. The SMILES string of the molecule is C=C/C(c1cc(-c2cccc3ccccc23)nc(-c2nc(-c3cccc4ccccc34)cc(-c3cccc4ccccc34)n2)n1)=c1/ccccc1=C. The Balaban J connectivity index is 1.37. The first-order valence-corrected chi connectivity index (χ1v) is 17.3. The van der Waals surface area contributed by atoms with Gasteiger partial charge >= 0.3 is 0 Å². The van der Waals surface area contributed by atoms with E-state index in [0.717, 1.165) is 82.1 Å². The number of rotatable bonds is 6. The second kappa shape index (κ2) is 13.0. The lowest BCUT2D eigenvalue weighted by molar-refractivity contribution is 1.08. The van der Waals surface area contributed by atoms with E-state index in [0.29, 0.717) is 17.3 Å². The van der Waals surface area contributed by atoms with Crippen molar-refractivity contribution in [2.45, 2.75) is 0 Å². The van der Waals surface area contributed by atoms with Crippen molar-refractivity contribution < 1.29 is 0 Å². The number of hydrogen-bond donors (Lipinski definition) is 0. The molecule has 2 aromatic heterocycles. The van der Waals surface area contributed by atoms with Crippen LogP contribution in [0.15, 0.2) is 176 Å². The van der Waals surface area contributed by atoms with Crippen LogP contribution in [0, 0.1) is 0 Å². The standard InChI is InChI=1S/C48H32N4/c1-3-35(36-22-8-4-15-31(36)2)43-29-44(40-26-12-19-32-16-5-9-23-37(32)40)50-47(49-43)48-51-45(41-27-13-20-33-17-6-10-24-38(33)41)30-46(52-48)42-28-14-21-34-18-7-11-25-39(34)42/h3-30H,1-2H2/b36-35+. The van der Waals surface area contributed by atoms with Gasteiger partial charge in [0.2, 0.25) is 0 Å². The molecule has 0 aliphatic heterocycles. The molecule has 0 aliphatic carbocycles. The summed E-state index contributed by atoms with van der Waals surface area (Å²) in [6, 6.07) is 56.3. The second-order valence-electron chi connectivity index (χ2n) is 12.8. The number of hydrogen-bond acceptors (Lipinski definition) is 4. The van der Waals surface area contributed by atoms with Crippen molar-refractivity contribution in [2.75, 3.05) is 0 Å². The van der Waals surface area contributed by atoms with Crippen LogP contribution in [-0.4, -0.2) is 19.9 Å². The predicted molar refractivity (Wildman–Crippen MR) is 216 cm³/mol. The van der Waals surface area contributed by atoms with E-state index in [1.54, 1.807) is 0 Å². The monoisotopic (exact) mass is 664 g/mol. The molecule has 4 nitrogen and oxygen atoms in total. The molecule has 0 bridgehead atoms. The van der Waals surface area contributed by atoms with Crippen molar-refractivity contribution in [1.29, 1.82) is 0 Å². The molecule has 0 N–H and O–H groups in total. The van der Waals surface area contributed by atoms with Gasteiger partial charge in [0.25, 0.3) is 0 Å². The highest BCUT2D eigenvalue weighted by molar-refractivity contribution is 6.00. The maximum Gasteiger partial charge on any atom is 0.198 e. The minimum atomic E-state index is 0.421. The van der Waals surface area contributed by atoms with Crippen LogP contribution in [-0.2, 0) is 0 Å². The fourth-order valence-electron chi connectivity index (χ4n) is 7.13. The van der Waals surface area contributed by atoms with Crippen LogP contribution in [0.4, 0.5) is 0 Å². The van der Waals surface area contributed by atoms with Crippen LogP contribution in [0.3, 0.4) is 0 Å². The molecule has 0 radical (unpaired) electrons. The molecule has 4 heteroatoms. The summed E-state index contributed by atoms with van der Waals surface area (Å²) in [4.78, 5) is 21.0. The fraction of sp³-hybridized carbons (Fsp3) is 0. The van der Waals surface area contributed by atoms with E-state index < -0.39 is 0 Å². The summed E-state index contributed by atoms with van der Waals surface area (Å²) in [6.45, 7) is 8.54. The molecule has 9 rings (SSSR count). The number of benzene rings is 7. The normalized spacial score (nSPS) is 11.9. The van der Waals surface area contributed by atoms with Gasteiger partial charge in [0, 0.05) is 22.3 Å². The van der Waals surface area contributed by atoms with Crippen LogP contribution in [0.2, 0.25) is 0 Å². The van der Waals surface area contributed by atoms with Gasteiger partial charge in [-0.2, -0.15) is 0 Å². The van der Waals surface area contributed by atoms with Crippen LogP contribution < -0.4 is 10.4 Å². The molecule has 0 fully saturated rings. The smallest absolute Gasteiger partial charge is 0.198 e. The topological polar surface area (TPSA) is 51.6 Å². The van der Waals surface area contributed by atoms with Crippen molar-refractivity contribution in [3.8, 4) is 45.4 Å². The molecule has 244 valence electrons. The summed E-state index contributed by atoms with van der Waals surface area (Å²) < 4.78 is 0. The van der Waals surface area contributed by atoms with Crippen molar-refractivity contribution in [3.63, 3.8) is 0 Å². The van der Waals surface area contributed by atoms with Gasteiger partial charge < -0.3 is 0 Å². The molecule has 52 heavy (non-hydrogen) atoms. The first-order valence-electron chi connectivity index (χ1n) is 17.3. The number of nitrogens with zero attached hydrogens (tertiary/aromatic N) is 4. The van der Waals surface area contributed by atoms with Crippen LogP contribution in [0.25, 0.3) is 89.9 Å². The lowest BCUT2D eigenvalue weighted by Gasteiger charge is -2.14. The summed E-state index contributed by atoms with van der Waals surface area (Å²) in [5, 5.41) is 8.56. The zero-order valence-corrected chi connectivity index (χ0v) is 28.4. The molecule has 0 unspecified atom stereocenters. The van der Waals surface area contributed by atoms with Gasteiger partial charge in [-0.25, -0.2) is 19.9 Å². The van der Waals surface area contributed by atoms with Crippen LogP contribution in [0.1, 0.15) is 5.69 Å². The summed E-state index contributed by atoms with van der Waals surface area (Å²) >= 11 is 0. The summed E-state index contributed by atoms with van der Waals surface area (Å²) in [5.74, 6) is 0.855. The first-order chi connectivity index (χ1) is 25.6. The highest BCUT2D eigenvalue weighted by atomic mass is 15.0. The summed E-state index contributed by atoms with van der Waals surface area (Å²) in [7, 11) is 0. The Morgan fingerprint density at radius 2 is 0.827 bits per heavy atom. The van der Waals surface area contributed by atoms with Crippen molar-refractivity contribution in [3.05, 3.63) is 193 Å². The van der Waals surface area contributed by atoms with E-state index in [2.05, 4.69) is 153 Å². The van der Waals surface area contributed by atoms with Crippen molar-refractivity contribution in [2.24, 2.45) is 0 Å². The highest BCUT2D eigenvalue weighted by Crippen LogP contribution is 2.35. The van der Waals surface area contributed by atoms with Crippen LogP contribution in [0.5, 0.6) is 0 Å². The number of fused-ring (bicyclic) bond motifs is 3. The Hall–Kier alpha value is -7.04. The molecule has 0 aliphatic rings. The molecule has 0 saturated heterocycles. The van der Waals surface area contributed by atoms with Gasteiger partial charge in [0.1, 0.15) is 0 Å². The third-order valence-electron chi connectivity index (χ3n) is 9.64. The quantitative estimate of drug-likeness (QED) is 0.178. The second-order valence-corrected chi connectivity index (χ2v) is 12.8. The van der Waals surface area contributed by atoms with Gasteiger partial charge in [-0.1, -0.05) is 171 Å². The van der Waals surface area contributed by atoms with Gasteiger partial charge in [-0.15, -0.1) is 0 Å². The van der Waals surface area contributed by atoms with Gasteiger partial charge in [0.05, 0.1) is 22.8 Å². The van der Waals surface area contributed by atoms with E-state index in [-0.39, 0.29) is 0 Å². The Morgan fingerprint density at radius 3 is 1.31 bits per heavy atom. The highest BCUT2D eigenvalue weighted by Gasteiger charge is 2.19. The molecule has 2 heterocycles. The van der Waals surface area contributed by atoms with Crippen molar-refractivity contribution >= 4 is 44.5 Å². The van der Waals surface area contributed by atoms with Crippen molar-refractivity contribution in [1.82, 2.24) is 19.9 Å². The minimum Gasteiger partial charge on any atom is -0.225 e.